The SMILES string of the molecule is COCCN1CCC(Cn2ccnc2-c2ccnc(N)c2)C1.Cl.Cl. The van der Waals surface area contributed by atoms with Gasteiger partial charge in [0, 0.05) is 50.9 Å². The van der Waals surface area contributed by atoms with Gasteiger partial charge in [-0.25, -0.2) is 9.97 Å². The average molecular weight is 374 g/mol. The number of hydrogen-bond donors (Lipinski definition) is 1. The number of nitrogen functional groups attached to an aromatic ring is 1. The van der Waals surface area contributed by atoms with Crippen LogP contribution in [0.2, 0.25) is 0 Å². The number of ether oxygens (including phenoxy) is 1. The Hall–Kier alpha value is -1.34. The van der Waals surface area contributed by atoms with E-state index in [1.807, 2.05) is 24.5 Å². The Morgan fingerprint density at radius 3 is 2.88 bits per heavy atom. The van der Waals surface area contributed by atoms with Crippen LogP contribution in [0.1, 0.15) is 6.42 Å². The summed E-state index contributed by atoms with van der Waals surface area (Å²) in [5, 5.41) is 0. The molecule has 8 heteroatoms. The summed E-state index contributed by atoms with van der Waals surface area (Å²) in [5.41, 5.74) is 6.80. The highest BCUT2D eigenvalue weighted by Crippen LogP contribution is 2.23. The highest BCUT2D eigenvalue weighted by molar-refractivity contribution is 5.85. The van der Waals surface area contributed by atoms with Crippen LogP contribution in [0.5, 0.6) is 0 Å². The lowest BCUT2D eigenvalue weighted by molar-refractivity contribution is 0.158. The molecule has 2 N–H and O–H groups in total. The second-order valence-corrected chi connectivity index (χ2v) is 5.82. The third-order valence-corrected chi connectivity index (χ3v) is 4.19. The third kappa shape index (κ3) is 5.08. The van der Waals surface area contributed by atoms with Gasteiger partial charge < -0.3 is 19.9 Å². The van der Waals surface area contributed by atoms with Gasteiger partial charge in [-0.15, -0.1) is 24.8 Å². The first-order chi connectivity index (χ1) is 10.8. The Balaban J connectivity index is 0.00000144. The lowest BCUT2D eigenvalue weighted by Gasteiger charge is -2.16. The molecule has 2 aromatic heterocycles. The van der Waals surface area contributed by atoms with E-state index in [-0.39, 0.29) is 24.8 Å². The van der Waals surface area contributed by atoms with E-state index in [0.717, 1.165) is 44.2 Å². The van der Waals surface area contributed by atoms with Crippen molar-refractivity contribution in [1.82, 2.24) is 19.4 Å². The standard InChI is InChI=1S/C16H23N5O.2ClH/c1-22-9-8-20-6-3-13(11-20)12-21-7-5-19-16(21)14-2-4-18-15(17)10-14;;/h2,4-5,7,10,13H,3,6,8-9,11-12H2,1H3,(H2,17,18);2*1H. The maximum Gasteiger partial charge on any atom is 0.140 e. The number of halogens is 2. The summed E-state index contributed by atoms with van der Waals surface area (Å²) in [4.78, 5) is 11.0. The number of nitrogens with two attached hydrogens (primary N) is 1. The van der Waals surface area contributed by atoms with E-state index in [1.54, 1.807) is 13.3 Å². The van der Waals surface area contributed by atoms with E-state index in [2.05, 4.69) is 19.4 Å². The number of rotatable bonds is 6. The first-order valence-corrected chi connectivity index (χ1v) is 7.70. The van der Waals surface area contributed by atoms with Crippen molar-refractivity contribution in [2.75, 3.05) is 39.1 Å². The fraction of sp³-hybridized carbons (Fsp3) is 0.500. The second kappa shape index (κ2) is 9.84. The number of nitrogens with zero attached hydrogens (tertiary/aromatic N) is 4. The van der Waals surface area contributed by atoms with Crippen molar-refractivity contribution in [2.24, 2.45) is 5.92 Å². The fourth-order valence-corrected chi connectivity index (χ4v) is 3.07. The molecule has 1 unspecified atom stereocenters. The molecule has 3 rings (SSSR count). The normalized spacial score (nSPS) is 17.3. The van der Waals surface area contributed by atoms with Crippen LogP contribution in [0.15, 0.2) is 30.7 Å². The van der Waals surface area contributed by atoms with Crippen molar-refractivity contribution < 1.29 is 4.74 Å². The van der Waals surface area contributed by atoms with Crippen LogP contribution in [0.3, 0.4) is 0 Å². The van der Waals surface area contributed by atoms with Crippen molar-refractivity contribution in [2.45, 2.75) is 13.0 Å². The summed E-state index contributed by atoms with van der Waals surface area (Å²) in [7, 11) is 1.76. The Bertz CT molecular complexity index is 622. The van der Waals surface area contributed by atoms with Crippen LogP contribution in [-0.2, 0) is 11.3 Å². The smallest absolute Gasteiger partial charge is 0.140 e. The number of methoxy groups -OCH3 is 1. The molecule has 0 bridgehead atoms. The van der Waals surface area contributed by atoms with Gasteiger partial charge in [-0.05, 0) is 31.0 Å². The summed E-state index contributed by atoms with van der Waals surface area (Å²) >= 11 is 0. The van der Waals surface area contributed by atoms with Gasteiger partial charge in [0.15, 0.2) is 0 Å². The molecule has 24 heavy (non-hydrogen) atoms. The molecule has 0 radical (unpaired) electrons. The molecule has 1 saturated heterocycles. The summed E-state index contributed by atoms with van der Waals surface area (Å²) in [5.74, 6) is 2.15. The number of imidazole rings is 1. The second-order valence-electron chi connectivity index (χ2n) is 5.82. The van der Waals surface area contributed by atoms with E-state index < -0.39 is 0 Å². The minimum Gasteiger partial charge on any atom is -0.384 e. The van der Waals surface area contributed by atoms with Gasteiger partial charge in [-0.3, -0.25) is 0 Å². The van der Waals surface area contributed by atoms with Crippen LogP contribution < -0.4 is 5.73 Å². The van der Waals surface area contributed by atoms with Crippen molar-refractivity contribution in [3.8, 4) is 11.4 Å². The highest BCUT2D eigenvalue weighted by Gasteiger charge is 2.23. The molecule has 0 amide bonds. The van der Waals surface area contributed by atoms with Crippen LogP contribution in [0.4, 0.5) is 5.82 Å². The Morgan fingerprint density at radius 1 is 1.29 bits per heavy atom. The van der Waals surface area contributed by atoms with Crippen LogP contribution in [0.25, 0.3) is 11.4 Å². The van der Waals surface area contributed by atoms with E-state index >= 15 is 0 Å². The molecule has 1 aliphatic heterocycles. The molecule has 0 aromatic carbocycles. The molecule has 2 aromatic rings. The monoisotopic (exact) mass is 373 g/mol. The van der Waals surface area contributed by atoms with Crippen molar-refractivity contribution >= 4 is 30.6 Å². The third-order valence-electron chi connectivity index (χ3n) is 4.19. The van der Waals surface area contributed by atoms with Gasteiger partial charge in [-0.2, -0.15) is 0 Å². The molecular formula is C16H25Cl2N5O. The van der Waals surface area contributed by atoms with Crippen molar-refractivity contribution in [1.29, 1.82) is 0 Å². The van der Waals surface area contributed by atoms with E-state index in [9.17, 15) is 0 Å². The predicted molar refractivity (Wildman–Crippen MR) is 101 cm³/mol. The zero-order valence-electron chi connectivity index (χ0n) is 13.8. The number of aromatic nitrogens is 3. The highest BCUT2D eigenvalue weighted by atomic mass is 35.5. The molecular weight excluding hydrogens is 349 g/mol. The van der Waals surface area contributed by atoms with Gasteiger partial charge in [0.25, 0.3) is 0 Å². The minimum atomic E-state index is 0. The largest absolute Gasteiger partial charge is 0.384 e. The number of likely N-dealkylation sites (tertiary alicyclic amines) is 1. The van der Waals surface area contributed by atoms with Gasteiger partial charge in [-0.1, -0.05) is 0 Å². The lowest BCUT2D eigenvalue weighted by atomic mass is 10.1. The van der Waals surface area contributed by atoms with Gasteiger partial charge in [0.05, 0.1) is 6.61 Å². The summed E-state index contributed by atoms with van der Waals surface area (Å²) < 4.78 is 7.38. The maximum atomic E-state index is 5.78. The molecule has 0 spiro atoms. The van der Waals surface area contributed by atoms with E-state index in [4.69, 9.17) is 10.5 Å². The van der Waals surface area contributed by atoms with Gasteiger partial charge in [0.2, 0.25) is 0 Å². The first-order valence-electron chi connectivity index (χ1n) is 7.70. The molecule has 134 valence electrons. The summed E-state index contributed by atoms with van der Waals surface area (Å²) in [6.07, 6.45) is 6.85. The summed E-state index contributed by atoms with van der Waals surface area (Å²) in [6, 6.07) is 3.83. The number of hydrogen-bond acceptors (Lipinski definition) is 5. The fourth-order valence-electron chi connectivity index (χ4n) is 3.07. The maximum absolute atomic E-state index is 5.78. The molecule has 6 nitrogen and oxygen atoms in total. The van der Waals surface area contributed by atoms with Crippen LogP contribution >= 0.6 is 24.8 Å². The zero-order chi connectivity index (χ0) is 15.4. The number of pyridine rings is 1. The Kier molecular flexibility index (Phi) is 8.48. The van der Waals surface area contributed by atoms with E-state index in [0.29, 0.717) is 11.7 Å². The number of anilines is 1. The molecule has 3 heterocycles. The molecule has 0 saturated carbocycles. The summed E-state index contributed by atoms with van der Waals surface area (Å²) in [6.45, 7) is 5.09. The Morgan fingerprint density at radius 2 is 2.12 bits per heavy atom. The zero-order valence-corrected chi connectivity index (χ0v) is 15.4. The first kappa shape index (κ1) is 20.7. The van der Waals surface area contributed by atoms with Crippen LogP contribution in [0, 0.1) is 5.92 Å². The Labute approximate surface area is 155 Å². The average Bonchev–Trinajstić information content (AvgIpc) is 3.15. The lowest BCUT2D eigenvalue weighted by Crippen LogP contribution is -2.25. The predicted octanol–water partition coefficient (Wildman–Crippen LogP) is 2.34. The van der Waals surface area contributed by atoms with Gasteiger partial charge in [0.1, 0.15) is 11.6 Å². The topological polar surface area (TPSA) is 69.2 Å². The minimum absolute atomic E-state index is 0. The molecule has 1 fully saturated rings. The quantitative estimate of drug-likeness (QED) is 0.841. The van der Waals surface area contributed by atoms with Crippen LogP contribution in [-0.4, -0.2) is 52.8 Å². The van der Waals surface area contributed by atoms with Crippen molar-refractivity contribution in [3.63, 3.8) is 0 Å². The van der Waals surface area contributed by atoms with Gasteiger partial charge >= 0.3 is 0 Å². The van der Waals surface area contributed by atoms with Crippen molar-refractivity contribution in [3.05, 3.63) is 30.7 Å². The molecule has 1 atom stereocenters. The molecule has 0 aliphatic carbocycles. The van der Waals surface area contributed by atoms with E-state index in [1.165, 1.54) is 6.42 Å². The molecule has 1 aliphatic rings.